The summed E-state index contributed by atoms with van der Waals surface area (Å²) in [5.41, 5.74) is 2.25. The van der Waals surface area contributed by atoms with Gasteiger partial charge in [0.05, 0.1) is 17.1 Å². The van der Waals surface area contributed by atoms with Crippen molar-refractivity contribution in [2.75, 3.05) is 28.2 Å². The van der Waals surface area contributed by atoms with Gasteiger partial charge in [-0.05, 0) is 44.0 Å². The lowest BCUT2D eigenvalue weighted by molar-refractivity contribution is 0.0830. The first kappa shape index (κ1) is 20.9. The summed E-state index contributed by atoms with van der Waals surface area (Å²) >= 11 is 0. The number of H-pyrrole nitrogens is 1. The molecule has 3 aromatic heterocycles. The van der Waals surface area contributed by atoms with Crippen LogP contribution >= 0.6 is 0 Å². The number of fused-ring (bicyclic) bond motifs is 5. The third kappa shape index (κ3) is 3.46. The minimum Gasteiger partial charge on any atom is -0.366 e. The molecule has 176 valence electrons. The Morgan fingerprint density at radius 1 is 1.24 bits per heavy atom. The van der Waals surface area contributed by atoms with Gasteiger partial charge in [0.15, 0.2) is 23.1 Å². The van der Waals surface area contributed by atoms with E-state index in [0.29, 0.717) is 29.2 Å². The number of nitrogens with zero attached hydrogens (tertiary/aromatic N) is 5. The van der Waals surface area contributed by atoms with Gasteiger partial charge < -0.3 is 4.90 Å². The van der Waals surface area contributed by atoms with Crippen molar-refractivity contribution in [1.29, 1.82) is 0 Å². The molecule has 2 N–H and O–H groups in total. The number of rotatable bonds is 4. The zero-order valence-corrected chi connectivity index (χ0v) is 18.5. The molecule has 0 aromatic carbocycles. The zero-order chi connectivity index (χ0) is 23.6. The van der Waals surface area contributed by atoms with E-state index in [1.807, 2.05) is 19.1 Å². The lowest BCUT2D eigenvalue weighted by Crippen LogP contribution is -2.56. The van der Waals surface area contributed by atoms with Gasteiger partial charge in [0.2, 0.25) is 0 Å². The Bertz CT molecular complexity index is 1320. The number of piperidine rings is 1. The molecule has 2 amide bonds. The average molecular weight is 467 g/mol. The smallest absolute Gasteiger partial charge is 0.329 e. The van der Waals surface area contributed by atoms with Gasteiger partial charge in [-0.25, -0.2) is 23.5 Å². The number of pyridine rings is 2. The summed E-state index contributed by atoms with van der Waals surface area (Å²) in [5, 5.41) is 10.6. The second-order valence-electron chi connectivity index (χ2n) is 9.29. The van der Waals surface area contributed by atoms with E-state index in [-0.39, 0.29) is 24.6 Å². The van der Waals surface area contributed by atoms with Crippen molar-refractivity contribution in [2.24, 2.45) is 5.92 Å². The van der Waals surface area contributed by atoms with E-state index in [9.17, 15) is 18.4 Å². The van der Waals surface area contributed by atoms with Gasteiger partial charge in [-0.1, -0.05) is 0 Å². The standard InChI is InChI=1S/C23H23F2N7O2/c1-12-4-5-15-19(26-12)29-30-20(15)28-22(34)32-14-3-2-8-31(11-14)17-7-6-16(27-21(17)32)18(33)9-13-10-23(13,24)25/h4-7,13-14H,2-3,8-11H2,1H3,(H2,26,28,29,30,34)/t13?,14-/m0/s1. The molecular weight excluding hydrogens is 444 g/mol. The summed E-state index contributed by atoms with van der Waals surface area (Å²) in [6, 6.07) is 6.48. The number of alkyl halides is 2. The lowest BCUT2D eigenvalue weighted by Gasteiger charge is -2.45. The maximum Gasteiger partial charge on any atom is 0.329 e. The molecular formula is C23H23F2N7O2. The Morgan fingerprint density at radius 3 is 2.85 bits per heavy atom. The Kier molecular flexibility index (Phi) is 4.58. The van der Waals surface area contributed by atoms with Crippen molar-refractivity contribution in [1.82, 2.24) is 20.2 Å². The number of anilines is 3. The molecule has 2 bridgehead atoms. The fourth-order valence-corrected chi connectivity index (χ4v) is 4.92. The molecule has 2 aliphatic heterocycles. The molecule has 2 fully saturated rings. The lowest BCUT2D eigenvalue weighted by atomic mass is 9.99. The number of aromatic nitrogens is 4. The molecule has 2 atom stereocenters. The molecule has 9 nitrogen and oxygen atoms in total. The third-order valence-corrected chi connectivity index (χ3v) is 6.87. The van der Waals surface area contributed by atoms with E-state index in [0.717, 1.165) is 30.8 Å². The SMILES string of the molecule is Cc1ccc2c(NC(=O)N3c4nc(C(=O)CC5CC5(F)F)ccc4N4CCC[C@H]3C4)n[nH]c2n1. The maximum atomic E-state index is 13.5. The summed E-state index contributed by atoms with van der Waals surface area (Å²) in [6.07, 6.45) is 1.20. The van der Waals surface area contributed by atoms with Crippen molar-refractivity contribution in [2.45, 2.75) is 44.6 Å². The summed E-state index contributed by atoms with van der Waals surface area (Å²) in [7, 11) is 0. The monoisotopic (exact) mass is 467 g/mol. The number of amides is 2. The van der Waals surface area contributed by atoms with Crippen LogP contribution in [0.1, 0.15) is 41.9 Å². The Morgan fingerprint density at radius 2 is 2.06 bits per heavy atom. The zero-order valence-electron chi connectivity index (χ0n) is 18.5. The first-order valence-corrected chi connectivity index (χ1v) is 11.4. The van der Waals surface area contributed by atoms with E-state index in [1.54, 1.807) is 17.0 Å². The van der Waals surface area contributed by atoms with Crippen LogP contribution in [-0.2, 0) is 0 Å². The highest BCUT2D eigenvalue weighted by atomic mass is 19.3. The molecule has 6 rings (SSSR count). The summed E-state index contributed by atoms with van der Waals surface area (Å²) in [5.74, 6) is -3.40. The van der Waals surface area contributed by atoms with Crippen LogP contribution in [0.2, 0.25) is 0 Å². The van der Waals surface area contributed by atoms with Crippen LogP contribution in [0.15, 0.2) is 24.3 Å². The second kappa shape index (κ2) is 7.44. The van der Waals surface area contributed by atoms with E-state index >= 15 is 0 Å². The van der Waals surface area contributed by atoms with Crippen molar-refractivity contribution >= 4 is 40.2 Å². The Balaban J connectivity index is 1.32. The van der Waals surface area contributed by atoms with Crippen LogP contribution in [0, 0.1) is 12.8 Å². The third-order valence-electron chi connectivity index (χ3n) is 6.87. The van der Waals surface area contributed by atoms with Gasteiger partial charge in [-0.2, -0.15) is 5.10 Å². The van der Waals surface area contributed by atoms with E-state index in [2.05, 4.69) is 30.4 Å². The van der Waals surface area contributed by atoms with Gasteiger partial charge in [-0.15, -0.1) is 0 Å². The molecule has 1 aliphatic carbocycles. The van der Waals surface area contributed by atoms with Crippen LogP contribution in [0.5, 0.6) is 0 Å². The number of halogens is 2. The van der Waals surface area contributed by atoms with Crippen molar-refractivity contribution in [3.05, 3.63) is 35.7 Å². The highest BCUT2D eigenvalue weighted by Crippen LogP contribution is 2.51. The number of carbonyl (C=O) groups is 2. The van der Waals surface area contributed by atoms with Crippen LogP contribution in [0.4, 0.5) is 30.9 Å². The molecule has 34 heavy (non-hydrogen) atoms. The molecule has 3 aromatic rings. The number of aromatic amines is 1. The molecule has 1 unspecified atom stereocenters. The van der Waals surface area contributed by atoms with Gasteiger partial charge in [0.1, 0.15) is 5.69 Å². The van der Waals surface area contributed by atoms with Gasteiger partial charge >= 0.3 is 6.03 Å². The molecule has 11 heteroatoms. The first-order chi connectivity index (χ1) is 16.3. The fourth-order valence-electron chi connectivity index (χ4n) is 4.92. The molecule has 3 aliphatic rings. The highest BCUT2D eigenvalue weighted by Gasteiger charge is 2.57. The van der Waals surface area contributed by atoms with Gasteiger partial charge in [0.25, 0.3) is 5.92 Å². The van der Waals surface area contributed by atoms with Gasteiger partial charge in [-0.3, -0.25) is 20.1 Å². The van der Waals surface area contributed by atoms with Crippen LogP contribution in [0.3, 0.4) is 0 Å². The number of carbonyl (C=O) groups excluding carboxylic acids is 2. The molecule has 1 saturated carbocycles. The van der Waals surface area contributed by atoms with E-state index in [1.165, 1.54) is 0 Å². The number of ketones is 1. The van der Waals surface area contributed by atoms with E-state index < -0.39 is 23.7 Å². The average Bonchev–Trinajstić information content (AvgIpc) is 3.22. The van der Waals surface area contributed by atoms with Crippen molar-refractivity contribution in [3.8, 4) is 0 Å². The van der Waals surface area contributed by atoms with Crippen molar-refractivity contribution in [3.63, 3.8) is 0 Å². The first-order valence-electron chi connectivity index (χ1n) is 11.4. The topological polar surface area (TPSA) is 107 Å². The van der Waals surface area contributed by atoms with Gasteiger partial charge in [0, 0.05) is 37.5 Å². The van der Waals surface area contributed by atoms with Crippen LogP contribution in [-0.4, -0.2) is 57.0 Å². The number of hydrogen-bond donors (Lipinski definition) is 2. The van der Waals surface area contributed by atoms with E-state index in [4.69, 9.17) is 0 Å². The quantitative estimate of drug-likeness (QED) is 0.564. The van der Waals surface area contributed by atoms with Crippen LogP contribution < -0.4 is 15.1 Å². The Hall–Kier alpha value is -3.63. The largest absolute Gasteiger partial charge is 0.366 e. The normalized spacial score (nSPS) is 22.4. The number of urea groups is 1. The Labute approximate surface area is 193 Å². The number of Topliss-reactive ketones (excluding diaryl/α,β-unsaturated/α-hetero) is 1. The maximum absolute atomic E-state index is 13.5. The summed E-state index contributed by atoms with van der Waals surface area (Å²) in [4.78, 5) is 38.8. The molecule has 0 spiro atoms. The minimum atomic E-state index is -2.77. The predicted molar refractivity (Wildman–Crippen MR) is 122 cm³/mol. The minimum absolute atomic E-state index is 0.102. The van der Waals surface area contributed by atoms with Crippen LogP contribution in [0.25, 0.3) is 11.0 Å². The van der Waals surface area contributed by atoms with Crippen molar-refractivity contribution < 1.29 is 18.4 Å². The summed E-state index contributed by atoms with van der Waals surface area (Å²) in [6.45, 7) is 3.36. The summed E-state index contributed by atoms with van der Waals surface area (Å²) < 4.78 is 26.7. The molecule has 0 radical (unpaired) electrons. The number of nitrogens with one attached hydrogen (secondary N) is 2. The number of hydrogen-bond acceptors (Lipinski definition) is 6. The molecule has 5 heterocycles. The molecule has 1 saturated heterocycles. The number of aryl methyl sites for hydroxylation is 1. The predicted octanol–water partition coefficient (Wildman–Crippen LogP) is 3.91. The highest BCUT2D eigenvalue weighted by molar-refractivity contribution is 6.07. The fraction of sp³-hybridized carbons (Fsp3) is 0.435. The second-order valence-corrected chi connectivity index (χ2v) is 9.29.